The molecule has 2 N–H and O–H groups in total. The Morgan fingerprint density at radius 2 is 1.81 bits per heavy atom. The van der Waals surface area contributed by atoms with E-state index in [0.717, 1.165) is 48.0 Å². The van der Waals surface area contributed by atoms with Crippen LogP contribution in [0, 0.1) is 0 Å². The predicted octanol–water partition coefficient (Wildman–Crippen LogP) is 4.54. The molecule has 0 radical (unpaired) electrons. The second-order valence-electron chi connectivity index (χ2n) is 6.94. The second-order valence-corrected chi connectivity index (χ2v) is 7.37. The Morgan fingerprint density at radius 3 is 2.48 bits per heavy atom. The van der Waals surface area contributed by atoms with Gasteiger partial charge in [-0.1, -0.05) is 29.8 Å². The van der Waals surface area contributed by atoms with Crippen LogP contribution in [-0.4, -0.2) is 52.9 Å². The van der Waals surface area contributed by atoms with E-state index in [1.54, 1.807) is 0 Å². The minimum Gasteiger partial charge on any atom is -0.478 e. The summed E-state index contributed by atoms with van der Waals surface area (Å²) in [5, 5.41) is 16.3. The molecule has 2 aromatic rings. The van der Waals surface area contributed by atoms with Gasteiger partial charge in [-0.05, 0) is 49.4 Å². The molecule has 2 aliphatic heterocycles. The summed E-state index contributed by atoms with van der Waals surface area (Å²) in [6.07, 6.45) is 4.42. The number of carboxylic acid groups (broad SMARTS) is 2. The molecule has 7 nitrogen and oxygen atoms in total. The summed E-state index contributed by atoms with van der Waals surface area (Å²) >= 11 is 6.23. The van der Waals surface area contributed by atoms with E-state index in [4.69, 9.17) is 31.5 Å². The van der Waals surface area contributed by atoms with Gasteiger partial charge in [0.05, 0.1) is 5.71 Å². The molecule has 0 saturated heterocycles. The van der Waals surface area contributed by atoms with Gasteiger partial charge in [-0.2, -0.15) is 0 Å². The first-order valence-electron chi connectivity index (χ1n) is 9.51. The molecular formula is C23H21ClN2O5. The van der Waals surface area contributed by atoms with Crippen molar-refractivity contribution in [2.24, 2.45) is 4.99 Å². The molecule has 2 aromatic carbocycles. The van der Waals surface area contributed by atoms with E-state index >= 15 is 0 Å². The monoisotopic (exact) mass is 440 g/mol. The molecular weight excluding hydrogens is 420 g/mol. The maximum absolute atomic E-state index is 9.55. The number of carboxylic acids is 2. The van der Waals surface area contributed by atoms with Crippen molar-refractivity contribution in [1.82, 2.24) is 4.90 Å². The summed E-state index contributed by atoms with van der Waals surface area (Å²) in [6, 6.07) is 13.6. The van der Waals surface area contributed by atoms with Crippen molar-refractivity contribution in [2.75, 3.05) is 20.1 Å². The molecule has 0 aliphatic carbocycles. The Balaban J connectivity index is 0.000000293. The molecule has 8 heteroatoms. The maximum atomic E-state index is 9.55. The van der Waals surface area contributed by atoms with E-state index in [9.17, 15) is 9.59 Å². The molecule has 4 rings (SSSR count). The first-order chi connectivity index (χ1) is 14.8. The molecule has 0 aromatic heterocycles. The number of ether oxygens (including phenoxy) is 1. The molecule has 0 bridgehead atoms. The van der Waals surface area contributed by atoms with Crippen LogP contribution in [-0.2, 0) is 9.59 Å². The van der Waals surface area contributed by atoms with Crippen molar-refractivity contribution in [2.45, 2.75) is 6.42 Å². The van der Waals surface area contributed by atoms with Crippen LogP contribution in [0.5, 0.6) is 11.5 Å². The summed E-state index contributed by atoms with van der Waals surface area (Å²) in [5.41, 5.74) is 3.99. The van der Waals surface area contributed by atoms with Gasteiger partial charge in [0.2, 0.25) is 0 Å². The Bertz CT molecular complexity index is 1080. The van der Waals surface area contributed by atoms with Crippen molar-refractivity contribution in [3.05, 3.63) is 76.9 Å². The number of likely N-dealkylation sites (N-methyl/N-ethyl adjacent to an activating group) is 1. The van der Waals surface area contributed by atoms with Gasteiger partial charge in [0, 0.05) is 35.8 Å². The second kappa shape index (κ2) is 10.1. The normalized spacial score (nSPS) is 15.3. The molecule has 0 fully saturated rings. The number of nitrogens with zero attached hydrogens (tertiary/aromatic N) is 2. The number of carbonyl (C=O) groups is 2. The van der Waals surface area contributed by atoms with Crippen LogP contribution in [0.25, 0.3) is 0 Å². The zero-order valence-electron chi connectivity index (χ0n) is 16.8. The van der Waals surface area contributed by atoms with Gasteiger partial charge in [-0.3, -0.25) is 0 Å². The summed E-state index contributed by atoms with van der Waals surface area (Å²) in [5.74, 6) is -0.942. The van der Waals surface area contributed by atoms with Crippen LogP contribution in [0.1, 0.15) is 12.0 Å². The highest BCUT2D eigenvalue weighted by Crippen LogP contribution is 2.39. The van der Waals surface area contributed by atoms with Crippen LogP contribution in [0.4, 0.5) is 5.69 Å². The Morgan fingerprint density at radius 1 is 1.10 bits per heavy atom. The highest BCUT2D eigenvalue weighted by Gasteiger charge is 2.23. The zero-order valence-corrected chi connectivity index (χ0v) is 17.5. The van der Waals surface area contributed by atoms with E-state index in [0.29, 0.717) is 17.2 Å². The summed E-state index contributed by atoms with van der Waals surface area (Å²) in [4.78, 5) is 26.3. The number of para-hydroxylation sites is 2. The van der Waals surface area contributed by atoms with E-state index in [2.05, 4.69) is 18.0 Å². The lowest BCUT2D eigenvalue weighted by atomic mass is 9.98. The molecule has 0 amide bonds. The maximum Gasteiger partial charge on any atom is 0.328 e. The van der Waals surface area contributed by atoms with Gasteiger partial charge in [0.25, 0.3) is 0 Å². The molecule has 2 heterocycles. The number of hydrogen-bond donors (Lipinski definition) is 2. The first-order valence-corrected chi connectivity index (χ1v) is 9.88. The van der Waals surface area contributed by atoms with Crippen molar-refractivity contribution in [3.63, 3.8) is 0 Å². The number of halogens is 1. The van der Waals surface area contributed by atoms with E-state index in [1.807, 2.05) is 42.5 Å². The Kier molecular flexibility index (Phi) is 7.23. The van der Waals surface area contributed by atoms with Crippen LogP contribution >= 0.6 is 11.6 Å². The minimum absolute atomic E-state index is 0.558. The molecule has 31 heavy (non-hydrogen) atoms. The third-order valence-corrected chi connectivity index (χ3v) is 4.76. The standard InChI is InChI=1S/C19H17ClN2O.C4H4O4/c1-22-10-4-5-13(12-22)19-15-11-14(20)8-9-17(15)23-18-7-3-2-6-16(18)21-19;5-3(6)1-2-4(7)8/h2-3,5-9,11H,4,10,12H2,1H3;1-2H,(H,5,6)(H,7,8). The molecule has 0 unspecified atom stereocenters. The topological polar surface area (TPSA) is 99.4 Å². The number of fused-ring (bicyclic) bond motifs is 2. The number of hydrogen-bond acceptors (Lipinski definition) is 5. The average molecular weight is 441 g/mol. The quantitative estimate of drug-likeness (QED) is 0.680. The van der Waals surface area contributed by atoms with Crippen LogP contribution in [0.3, 0.4) is 0 Å². The molecule has 0 saturated carbocycles. The molecule has 160 valence electrons. The lowest BCUT2D eigenvalue weighted by Gasteiger charge is -2.24. The lowest BCUT2D eigenvalue weighted by molar-refractivity contribution is -0.134. The zero-order chi connectivity index (χ0) is 22.4. The molecule has 0 atom stereocenters. The van der Waals surface area contributed by atoms with Gasteiger partial charge < -0.3 is 19.8 Å². The van der Waals surface area contributed by atoms with Crippen LogP contribution in [0.2, 0.25) is 5.02 Å². The fourth-order valence-electron chi connectivity index (χ4n) is 3.16. The van der Waals surface area contributed by atoms with E-state index < -0.39 is 11.9 Å². The minimum atomic E-state index is -1.26. The molecule has 0 spiro atoms. The first kappa shape index (κ1) is 22.3. The Labute approximate surface area is 184 Å². The molecule has 2 aliphatic rings. The number of rotatable bonds is 3. The number of aliphatic carboxylic acids is 2. The van der Waals surface area contributed by atoms with Gasteiger partial charge in [0.1, 0.15) is 11.4 Å². The number of benzene rings is 2. The average Bonchev–Trinajstić information content (AvgIpc) is 2.89. The van der Waals surface area contributed by atoms with Gasteiger partial charge in [0.15, 0.2) is 5.75 Å². The third-order valence-electron chi connectivity index (χ3n) is 4.53. The van der Waals surface area contributed by atoms with Crippen molar-refractivity contribution in [1.29, 1.82) is 0 Å². The highest BCUT2D eigenvalue weighted by atomic mass is 35.5. The fourth-order valence-corrected chi connectivity index (χ4v) is 3.34. The van der Waals surface area contributed by atoms with Crippen LogP contribution < -0.4 is 4.74 Å². The fraction of sp³-hybridized carbons (Fsp3) is 0.174. The summed E-state index contributed by atoms with van der Waals surface area (Å²) < 4.78 is 6.09. The van der Waals surface area contributed by atoms with Gasteiger partial charge in [-0.25, -0.2) is 14.6 Å². The van der Waals surface area contributed by atoms with Gasteiger partial charge in [-0.15, -0.1) is 0 Å². The van der Waals surface area contributed by atoms with Crippen molar-refractivity contribution >= 4 is 34.9 Å². The predicted molar refractivity (Wildman–Crippen MR) is 119 cm³/mol. The third kappa shape index (κ3) is 6.04. The van der Waals surface area contributed by atoms with Gasteiger partial charge >= 0.3 is 11.9 Å². The smallest absolute Gasteiger partial charge is 0.328 e. The van der Waals surface area contributed by atoms with E-state index in [1.165, 1.54) is 5.57 Å². The number of aliphatic imine (C=N–C) groups is 1. The van der Waals surface area contributed by atoms with E-state index in [-0.39, 0.29) is 0 Å². The highest BCUT2D eigenvalue weighted by molar-refractivity contribution is 6.31. The summed E-state index contributed by atoms with van der Waals surface area (Å²) in [6.45, 7) is 1.96. The van der Waals surface area contributed by atoms with Crippen molar-refractivity contribution < 1.29 is 24.5 Å². The van der Waals surface area contributed by atoms with Crippen LogP contribution in [0.15, 0.2) is 71.3 Å². The lowest BCUT2D eigenvalue weighted by Crippen LogP contribution is -2.28. The Hall–Kier alpha value is -3.42. The largest absolute Gasteiger partial charge is 0.478 e. The summed E-state index contributed by atoms with van der Waals surface area (Å²) in [7, 11) is 2.13. The van der Waals surface area contributed by atoms with Crippen molar-refractivity contribution in [3.8, 4) is 11.5 Å². The SMILES string of the molecule is CN1CCC=C(C2=Nc3ccccc3Oc3ccc(Cl)cc32)C1.O=C(O)C=CC(=O)O.